The summed E-state index contributed by atoms with van der Waals surface area (Å²) < 4.78 is 32.2. The van der Waals surface area contributed by atoms with Gasteiger partial charge in [-0.2, -0.15) is 0 Å². The molecular formula is C13H14N2O5S. The van der Waals surface area contributed by atoms with Gasteiger partial charge in [0.2, 0.25) is 15.8 Å². The van der Waals surface area contributed by atoms with Crippen LogP contribution < -0.4 is 10.5 Å². The number of carbonyl (C=O) groups is 1. The molecule has 1 aromatic carbocycles. The van der Waals surface area contributed by atoms with Crippen molar-refractivity contribution < 1.29 is 22.4 Å². The number of nitrogens with two attached hydrogens (primary N) is 1. The lowest BCUT2D eigenvalue weighted by Crippen LogP contribution is -2.12. The van der Waals surface area contributed by atoms with Crippen LogP contribution in [0.4, 0.5) is 5.69 Å². The van der Waals surface area contributed by atoms with E-state index in [1.54, 1.807) is 18.2 Å². The van der Waals surface area contributed by atoms with Crippen LogP contribution in [-0.4, -0.2) is 21.5 Å². The van der Waals surface area contributed by atoms with Gasteiger partial charge in [-0.3, -0.25) is 0 Å². The number of anilines is 1. The van der Waals surface area contributed by atoms with Crippen molar-refractivity contribution in [3.05, 3.63) is 47.9 Å². The fraction of sp³-hybridized carbons (Fsp3) is 0.154. The molecule has 0 aliphatic rings. The van der Waals surface area contributed by atoms with E-state index < -0.39 is 16.0 Å². The Kier molecular flexibility index (Phi) is 4.29. The number of benzene rings is 1. The molecule has 3 N–H and O–H groups in total. The average molecular weight is 310 g/mol. The number of ether oxygens (including phenoxy) is 1. The van der Waals surface area contributed by atoms with Gasteiger partial charge in [0.1, 0.15) is 0 Å². The van der Waals surface area contributed by atoms with Crippen LogP contribution in [-0.2, 0) is 21.3 Å². The molecule has 0 amide bonds. The van der Waals surface area contributed by atoms with Crippen LogP contribution in [0.2, 0.25) is 0 Å². The third kappa shape index (κ3) is 3.61. The molecule has 8 heteroatoms. The highest BCUT2D eigenvalue weighted by Gasteiger charge is 2.15. The summed E-state index contributed by atoms with van der Waals surface area (Å²) >= 11 is 0. The van der Waals surface area contributed by atoms with Gasteiger partial charge in [-0.15, -0.1) is 0 Å². The summed E-state index contributed by atoms with van der Waals surface area (Å²) in [5, 5.41) is 8.06. The molecule has 21 heavy (non-hydrogen) atoms. The van der Waals surface area contributed by atoms with Crippen molar-refractivity contribution >= 4 is 21.7 Å². The van der Waals surface area contributed by atoms with Crippen LogP contribution >= 0.6 is 0 Å². The first kappa shape index (κ1) is 15.1. The van der Waals surface area contributed by atoms with Crippen molar-refractivity contribution in [3.63, 3.8) is 0 Å². The Morgan fingerprint density at radius 2 is 2.14 bits per heavy atom. The van der Waals surface area contributed by atoms with Crippen LogP contribution in [0.3, 0.4) is 0 Å². The molecule has 2 aromatic rings. The first-order chi connectivity index (χ1) is 9.91. The molecule has 0 saturated carbocycles. The molecule has 0 bridgehead atoms. The maximum absolute atomic E-state index is 11.5. The number of hydrogen-bond acceptors (Lipinski definition) is 6. The van der Waals surface area contributed by atoms with Crippen molar-refractivity contribution in [2.45, 2.75) is 11.4 Å². The third-order valence-corrected chi connectivity index (χ3v) is 3.67. The van der Waals surface area contributed by atoms with Crippen LogP contribution in [0.5, 0.6) is 0 Å². The van der Waals surface area contributed by atoms with Crippen molar-refractivity contribution in [2.75, 3.05) is 12.4 Å². The molecule has 0 atom stereocenters. The molecule has 0 saturated heterocycles. The van der Waals surface area contributed by atoms with E-state index in [-0.39, 0.29) is 17.2 Å². The number of hydrogen-bond donors (Lipinski definition) is 2. The summed E-state index contributed by atoms with van der Waals surface area (Å²) in [4.78, 5) is 11.5. The Morgan fingerprint density at radius 3 is 2.81 bits per heavy atom. The fourth-order valence-electron chi connectivity index (χ4n) is 1.73. The average Bonchev–Trinajstić information content (AvgIpc) is 2.92. The number of esters is 1. The minimum absolute atomic E-state index is 0.00730. The summed E-state index contributed by atoms with van der Waals surface area (Å²) in [5.74, 6) is -0.470. The lowest BCUT2D eigenvalue weighted by Gasteiger charge is -2.07. The molecule has 0 spiro atoms. The third-order valence-electron chi connectivity index (χ3n) is 2.76. The van der Waals surface area contributed by atoms with Gasteiger partial charge in [-0.1, -0.05) is 6.07 Å². The Balaban J connectivity index is 2.14. The van der Waals surface area contributed by atoms with Gasteiger partial charge in [-0.25, -0.2) is 18.4 Å². The molecule has 0 aliphatic heterocycles. The Bertz CT molecular complexity index is 751. The Labute approximate surface area is 121 Å². The van der Waals surface area contributed by atoms with E-state index in [2.05, 4.69) is 10.1 Å². The van der Waals surface area contributed by atoms with Crippen molar-refractivity contribution in [2.24, 2.45) is 5.14 Å². The molecule has 0 fully saturated rings. The number of furan rings is 1. The molecule has 1 heterocycles. The summed E-state index contributed by atoms with van der Waals surface area (Å²) in [7, 11) is -2.49. The Hall–Kier alpha value is -2.32. The van der Waals surface area contributed by atoms with Crippen LogP contribution in [0, 0.1) is 0 Å². The smallest absolute Gasteiger partial charge is 0.374 e. The van der Waals surface area contributed by atoms with E-state index in [1.807, 2.05) is 0 Å². The second kappa shape index (κ2) is 5.98. The summed E-state index contributed by atoms with van der Waals surface area (Å²) in [5.41, 5.74) is 1.15. The van der Waals surface area contributed by atoms with Gasteiger partial charge in [-0.05, 0) is 24.3 Å². The number of carbonyl (C=O) groups excluding carboxylic acids is 1. The van der Waals surface area contributed by atoms with Gasteiger partial charge in [0, 0.05) is 17.8 Å². The molecule has 2 rings (SSSR count). The first-order valence-corrected chi connectivity index (χ1v) is 7.48. The zero-order chi connectivity index (χ0) is 15.5. The molecular weight excluding hydrogens is 296 g/mol. The van der Waals surface area contributed by atoms with E-state index in [9.17, 15) is 13.2 Å². The largest absolute Gasteiger partial charge is 0.463 e. The fourth-order valence-corrected chi connectivity index (χ4v) is 2.29. The van der Waals surface area contributed by atoms with Crippen molar-refractivity contribution in [1.82, 2.24) is 0 Å². The minimum Gasteiger partial charge on any atom is -0.463 e. The predicted octanol–water partition coefficient (Wildman–Crippen LogP) is 1.33. The molecule has 0 radical (unpaired) electrons. The standard InChI is InChI=1S/C13H14N2O5S/c1-19-13(16)12-9(5-6-20-12)8-15-10-3-2-4-11(7-10)21(14,17)18/h2-7,15H,8H2,1H3,(H2,14,17,18). The number of rotatable bonds is 5. The zero-order valence-corrected chi connectivity index (χ0v) is 12.0. The molecule has 1 aromatic heterocycles. The molecule has 0 unspecified atom stereocenters. The maximum Gasteiger partial charge on any atom is 0.374 e. The Morgan fingerprint density at radius 1 is 1.38 bits per heavy atom. The lowest BCUT2D eigenvalue weighted by atomic mass is 10.2. The predicted molar refractivity (Wildman–Crippen MR) is 75.2 cm³/mol. The maximum atomic E-state index is 11.5. The summed E-state index contributed by atoms with van der Waals surface area (Å²) in [6, 6.07) is 7.69. The van der Waals surface area contributed by atoms with E-state index in [0.717, 1.165) is 0 Å². The van der Waals surface area contributed by atoms with Crippen LogP contribution in [0.25, 0.3) is 0 Å². The normalized spacial score (nSPS) is 11.1. The number of nitrogens with one attached hydrogen (secondary N) is 1. The van der Waals surface area contributed by atoms with E-state index in [1.165, 1.54) is 25.5 Å². The van der Waals surface area contributed by atoms with Gasteiger partial charge in [0.15, 0.2) is 0 Å². The minimum atomic E-state index is -3.76. The number of primary sulfonamides is 1. The van der Waals surface area contributed by atoms with Gasteiger partial charge < -0.3 is 14.5 Å². The van der Waals surface area contributed by atoms with Crippen LogP contribution in [0.1, 0.15) is 16.1 Å². The second-order valence-electron chi connectivity index (χ2n) is 4.19. The monoisotopic (exact) mass is 310 g/mol. The highest BCUT2D eigenvalue weighted by atomic mass is 32.2. The summed E-state index contributed by atoms with van der Waals surface area (Å²) in [6.45, 7) is 0.273. The highest BCUT2D eigenvalue weighted by molar-refractivity contribution is 7.89. The van der Waals surface area contributed by atoms with E-state index in [4.69, 9.17) is 9.56 Å². The van der Waals surface area contributed by atoms with E-state index in [0.29, 0.717) is 11.3 Å². The van der Waals surface area contributed by atoms with Gasteiger partial charge >= 0.3 is 5.97 Å². The first-order valence-electron chi connectivity index (χ1n) is 5.93. The molecule has 112 valence electrons. The topological polar surface area (TPSA) is 112 Å². The van der Waals surface area contributed by atoms with Crippen molar-refractivity contribution in [3.8, 4) is 0 Å². The lowest BCUT2D eigenvalue weighted by molar-refractivity contribution is 0.0563. The van der Waals surface area contributed by atoms with Crippen LogP contribution in [0.15, 0.2) is 45.9 Å². The highest BCUT2D eigenvalue weighted by Crippen LogP contribution is 2.17. The molecule has 0 aliphatic carbocycles. The zero-order valence-electron chi connectivity index (χ0n) is 11.2. The van der Waals surface area contributed by atoms with Crippen molar-refractivity contribution in [1.29, 1.82) is 0 Å². The quantitative estimate of drug-likeness (QED) is 0.806. The second-order valence-corrected chi connectivity index (χ2v) is 5.75. The summed E-state index contributed by atoms with van der Waals surface area (Å²) in [6.07, 6.45) is 1.38. The molecule has 7 nitrogen and oxygen atoms in total. The SMILES string of the molecule is COC(=O)c1occc1CNc1cccc(S(N)(=O)=O)c1. The van der Waals surface area contributed by atoms with Gasteiger partial charge in [0.05, 0.1) is 18.3 Å². The van der Waals surface area contributed by atoms with Gasteiger partial charge in [0.25, 0.3) is 0 Å². The number of methoxy groups -OCH3 is 1. The number of sulfonamides is 1. The van der Waals surface area contributed by atoms with E-state index >= 15 is 0 Å².